The fourth-order valence-electron chi connectivity index (χ4n) is 3.09. The molecule has 0 saturated carbocycles. The smallest absolute Gasteiger partial charge is 0.223 e. The zero-order valence-corrected chi connectivity index (χ0v) is 19.5. The summed E-state index contributed by atoms with van der Waals surface area (Å²) in [6.07, 6.45) is 4.01. The number of aromatic nitrogens is 2. The lowest BCUT2D eigenvalue weighted by atomic mass is 9.90. The van der Waals surface area contributed by atoms with Crippen molar-refractivity contribution in [3.05, 3.63) is 24.4 Å². The number of anilines is 1. The molecular weight excluding hydrogens is 400 g/mol. The molecule has 0 bridgehead atoms. The number of hydrogen-bond acceptors (Lipinski definition) is 8. The fourth-order valence-corrected chi connectivity index (χ4v) is 3.90. The Morgan fingerprint density at radius 3 is 2.63 bits per heavy atom. The van der Waals surface area contributed by atoms with Crippen LogP contribution in [0.4, 0.5) is 5.95 Å². The van der Waals surface area contributed by atoms with Crippen molar-refractivity contribution >= 4 is 28.9 Å². The van der Waals surface area contributed by atoms with Gasteiger partial charge in [-0.25, -0.2) is 9.97 Å². The van der Waals surface area contributed by atoms with Crippen LogP contribution in [0.25, 0.3) is 10.9 Å². The van der Waals surface area contributed by atoms with E-state index in [4.69, 9.17) is 8.92 Å². The fraction of sp³-hybridized carbons (Fsp3) is 0.636. The number of nitrogens with one attached hydrogen (secondary N) is 1. The van der Waals surface area contributed by atoms with Crippen LogP contribution in [0.3, 0.4) is 0 Å². The van der Waals surface area contributed by atoms with Crippen molar-refractivity contribution in [2.75, 3.05) is 38.7 Å². The molecule has 0 aliphatic carbocycles. The minimum atomic E-state index is -0.944. The van der Waals surface area contributed by atoms with Gasteiger partial charge in [0, 0.05) is 61.3 Å². The van der Waals surface area contributed by atoms with Gasteiger partial charge in [-0.3, -0.25) is 0 Å². The van der Waals surface area contributed by atoms with Crippen molar-refractivity contribution in [2.24, 2.45) is 0 Å². The molecule has 0 amide bonds. The number of hydrogen-bond donors (Lipinski definition) is 2. The van der Waals surface area contributed by atoms with Crippen LogP contribution in [0.15, 0.2) is 29.3 Å². The molecule has 1 aromatic carbocycles. The summed E-state index contributed by atoms with van der Waals surface area (Å²) in [5.41, 5.74) is -0.729. The second-order valence-corrected chi connectivity index (χ2v) is 9.71. The highest BCUT2D eigenvalue weighted by Gasteiger charge is 2.36. The van der Waals surface area contributed by atoms with E-state index in [-0.39, 0.29) is 0 Å². The van der Waals surface area contributed by atoms with E-state index in [1.807, 2.05) is 38.2 Å². The van der Waals surface area contributed by atoms with Crippen molar-refractivity contribution in [1.82, 2.24) is 14.9 Å². The zero-order chi connectivity index (χ0) is 21.8. The van der Waals surface area contributed by atoms with Gasteiger partial charge in [-0.1, -0.05) is 0 Å². The van der Waals surface area contributed by atoms with E-state index in [2.05, 4.69) is 20.2 Å². The molecule has 1 saturated heterocycles. The molecule has 1 aromatic heterocycles. The SMILES string of the molecule is COCCN1CCC(Nc2ncc3cc(SOC(C)(C)C(C)(C)O)ccc3n2)CC1. The predicted octanol–water partition coefficient (Wildman–Crippen LogP) is 3.73. The van der Waals surface area contributed by atoms with Crippen LogP contribution in [0.2, 0.25) is 0 Å². The van der Waals surface area contributed by atoms with Gasteiger partial charge in [0.15, 0.2) is 0 Å². The number of rotatable bonds is 9. The van der Waals surface area contributed by atoms with E-state index in [0.29, 0.717) is 12.0 Å². The molecule has 1 aliphatic rings. The third-order valence-corrected chi connectivity index (χ3v) is 6.85. The second kappa shape index (κ2) is 9.78. The summed E-state index contributed by atoms with van der Waals surface area (Å²) in [7, 11) is 1.75. The molecule has 0 unspecified atom stereocenters. The van der Waals surface area contributed by atoms with Gasteiger partial charge in [0.25, 0.3) is 0 Å². The zero-order valence-electron chi connectivity index (χ0n) is 18.6. The maximum Gasteiger partial charge on any atom is 0.223 e. The molecule has 1 fully saturated rings. The van der Waals surface area contributed by atoms with Crippen LogP contribution < -0.4 is 5.32 Å². The lowest BCUT2D eigenvalue weighted by Crippen LogP contribution is -2.45. The van der Waals surface area contributed by atoms with Gasteiger partial charge >= 0.3 is 0 Å². The van der Waals surface area contributed by atoms with Crippen LogP contribution >= 0.6 is 12.0 Å². The van der Waals surface area contributed by atoms with Crippen molar-refractivity contribution in [3.63, 3.8) is 0 Å². The Bertz CT molecular complexity index is 833. The quantitative estimate of drug-likeness (QED) is 0.578. The van der Waals surface area contributed by atoms with Gasteiger partial charge in [0.2, 0.25) is 5.95 Å². The average molecular weight is 435 g/mol. The molecule has 2 aromatic rings. The molecule has 0 radical (unpaired) electrons. The Kier molecular flexibility index (Phi) is 7.57. The number of benzene rings is 1. The number of piperidine rings is 1. The van der Waals surface area contributed by atoms with Gasteiger partial charge in [0.05, 0.1) is 17.7 Å². The van der Waals surface area contributed by atoms with E-state index in [1.54, 1.807) is 21.0 Å². The lowest BCUT2D eigenvalue weighted by molar-refractivity contribution is -0.0813. The van der Waals surface area contributed by atoms with Crippen LogP contribution in [-0.4, -0.2) is 70.6 Å². The van der Waals surface area contributed by atoms with Gasteiger partial charge in [0.1, 0.15) is 5.60 Å². The molecule has 0 spiro atoms. The largest absolute Gasteiger partial charge is 0.387 e. The molecule has 8 heteroatoms. The maximum atomic E-state index is 10.2. The van der Waals surface area contributed by atoms with Gasteiger partial charge in [-0.05, 0) is 58.7 Å². The normalized spacial score (nSPS) is 16.9. The van der Waals surface area contributed by atoms with Crippen LogP contribution in [0.5, 0.6) is 0 Å². The Morgan fingerprint density at radius 2 is 1.97 bits per heavy atom. The molecule has 1 aliphatic heterocycles. The summed E-state index contributed by atoms with van der Waals surface area (Å²) in [5, 5.41) is 14.7. The first kappa shape index (κ1) is 23.2. The Morgan fingerprint density at radius 1 is 1.23 bits per heavy atom. The standard InChI is InChI=1S/C22H34N4O3S/c1-21(2,27)22(3,4)29-30-18-6-7-19-16(14-18)15-23-20(25-19)24-17-8-10-26(11-9-17)12-13-28-5/h6-7,14-15,17,27H,8-13H2,1-5H3,(H,23,24,25). The van der Waals surface area contributed by atoms with E-state index in [9.17, 15) is 5.11 Å². The first-order valence-corrected chi connectivity index (χ1v) is 11.2. The topological polar surface area (TPSA) is 79.7 Å². The molecule has 7 nitrogen and oxygen atoms in total. The molecule has 166 valence electrons. The summed E-state index contributed by atoms with van der Waals surface area (Å²) in [5.74, 6) is 0.678. The molecule has 3 rings (SSSR count). The van der Waals surface area contributed by atoms with Crippen LogP contribution in [0.1, 0.15) is 40.5 Å². The Hall–Kier alpha value is -1.45. The summed E-state index contributed by atoms with van der Waals surface area (Å²) in [6, 6.07) is 6.38. The Balaban J connectivity index is 1.58. The minimum Gasteiger partial charge on any atom is -0.387 e. The van der Waals surface area contributed by atoms with E-state index in [1.165, 1.54) is 12.0 Å². The average Bonchev–Trinajstić information content (AvgIpc) is 2.71. The van der Waals surface area contributed by atoms with E-state index >= 15 is 0 Å². The third-order valence-electron chi connectivity index (χ3n) is 5.90. The highest BCUT2D eigenvalue weighted by atomic mass is 32.2. The predicted molar refractivity (Wildman–Crippen MR) is 122 cm³/mol. The molecule has 2 heterocycles. The highest BCUT2D eigenvalue weighted by molar-refractivity contribution is 7.94. The first-order valence-electron chi connectivity index (χ1n) is 10.5. The Labute approximate surface area is 183 Å². The lowest BCUT2D eigenvalue weighted by Gasteiger charge is -2.35. The van der Waals surface area contributed by atoms with Crippen molar-refractivity contribution in [3.8, 4) is 0 Å². The second-order valence-electron chi connectivity index (χ2n) is 8.90. The molecular formula is C22H34N4O3S. The number of likely N-dealkylation sites (tertiary alicyclic amines) is 1. The van der Waals surface area contributed by atoms with Gasteiger partial charge < -0.3 is 24.2 Å². The van der Waals surface area contributed by atoms with Crippen molar-refractivity contribution in [2.45, 2.75) is 62.7 Å². The summed E-state index contributed by atoms with van der Waals surface area (Å²) in [6.45, 7) is 11.2. The van der Waals surface area contributed by atoms with Gasteiger partial charge in [-0.2, -0.15) is 0 Å². The number of ether oxygens (including phenoxy) is 1. The van der Waals surface area contributed by atoms with Crippen LogP contribution in [-0.2, 0) is 8.92 Å². The molecule has 30 heavy (non-hydrogen) atoms. The summed E-state index contributed by atoms with van der Waals surface area (Å²) in [4.78, 5) is 12.6. The minimum absolute atomic E-state index is 0.397. The summed E-state index contributed by atoms with van der Waals surface area (Å²) < 4.78 is 11.1. The van der Waals surface area contributed by atoms with Gasteiger partial charge in [-0.15, -0.1) is 0 Å². The number of methoxy groups -OCH3 is 1. The van der Waals surface area contributed by atoms with E-state index in [0.717, 1.165) is 54.9 Å². The van der Waals surface area contributed by atoms with Crippen molar-refractivity contribution in [1.29, 1.82) is 0 Å². The molecule has 0 atom stereocenters. The van der Waals surface area contributed by atoms with Crippen molar-refractivity contribution < 1.29 is 14.0 Å². The first-order chi connectivity index (χ1) is 14.2. The highest BCUT2D eigenvalue weighted by Crippen LogP contribution is 2.33. The third kappa shape index (κ3) is 6.04. The van der Waals surface area contributed by atoms with E-state index < -0.39 is 11.2 Å². The number of fused-ring (bicyclic) bond motifs is 1. The number of aliphatic hydroxyl groups is 1. The molecule has 2 N–H and O–H groups in total. The number of nitrogens with zero attached hydrogens (tertiary/aromatic N) is 3. The summed E-state index contributed by atoms with van der Waals surface area (Å²) >= 11 is 1.26. The maximum absolute atomic E-state index is 10.2. The van der Waals surface area contributed by atoms with Crippen LogP contribution in [0, 0.1) is 0 Å². The monoisotopic (exact) mass is 434 g/mol.